The first kappa shape index (κ1) is 4.62. The Hall–Kier alpha value is -1.24. The average Bonchev–Trinajstić information content (AvgIpc) is 2.22. The topological polar surface area (TPSA) is 26.0 Å². The van der Waals surface area contributed by atoms with Gasteiger partial charge in [0, 0.05) is 5.70 Å². The van der Waals surface area contributed by atoms with E-state index in [2.05, 4.69) is 12.2 Å². The highest BCUT2D eigenvalue weighted by molar-refractivity contribution is 5.61. The zero-order valence-corrected chi connectivity index (χ0v) is 4.96. The molecule has 0 atom stereocenters. The second-order valence-corrected chi connectivity index (χ2v) is 2.23. The molecule has 2 aliphatic carbocycles. The molecule has 0 saturated carbocycles. The minimum Gasteiger partial charge on any atom is -0.399 e. The van der Waals surface area contributed by atoms with Gasteiger partial charge >= 0.3 is 0 Å². The van der Waals surface area contributed by atoms with Gasteiger partial charge in [0.2, 0.25) is 0 Å². The molecule has 0 aromatic carbocycles. The summed E-state index contributed by atoms with van der Waals surface area (Å²) in [6, 6.07) is 0. The van der Waals surface area contributed by atoms with Crippen LogP contribution in [0.2, 0.25) is 0 Å². The molecule has 0 heterocycles. The van der Waals surface area contributed by atoms with Gasteiger partial charge < -0.3 is 5.73 Å². The standard InChI is InChI=1S/C8H7N/c9-8-4-6-2-1-3-7(6)5-8/h1-5H,9H2. The molecule has 0 fully saturated rings. The number of nitrogens with two attached hydrogens (primary N) is 1. The minimum absolute atomic E-state index is 0.862. The van der Waals surface area contributed by atoms with Crippen LogP contribution in [0.4, 0.5) is 0 Å². The zero-order chi connectivity index (χ0) is 6.27. The lowest BCUT2D eigenvalue weighted by Crippen LogP contribution is -1.87. The average molecular weight is 117 g/mol. The van der Waals surface area contributed by atoms with Crippen molar-refractivity contribution >= 4 is 0 Å². The Morgan fingerprint density at radius 2 is 2.00 bits per heavy atom. The number of hydrogen-bond acceptors (Lipinski definition) is 1. The largest absolute Gasteiger partial charge is 0.399 e. The maximum Gasteiger partial charge on any atom is 0.0326 e. The van der Waals surface area contributed by atoms with Crippen molar-refractivity contribution in [1.82, 2.24) is 0 Å². The van der Waals surface area contributed by atoms with E-state index in [-0.39, 0.29) is 0 Å². The summed E-state index contributed by atoms with van der Waals surface area (Å²) in [5.41, 5.74) is 8.88. The van der Waals surface area contributed by atoms with Crippen molar-refractivity contribution < 1.29 is 0 Å². The fourth-order valence-corrected chi connectivity index (χ4v) is 1.11. The fraction of sp³-hybridized carbons (Fsp3) is 0. The van der Waals surface area contributed by atoms with Crippen LogP contribution in [-0.2, 0) is 0 Å². The van der Waals surface area contributed by atoms with Gasteiger partial charge in [-0.1, -0.05) is 18.2 Å². The van der Waals surface area contributed by atoms with Crippen molar-refractivity contribution in [2.45, 2.75) is 0 Å². The zero-order valence-electron chi connectivity index (χ0n) is 4.96. The van der Waals surface area contributed by atoms with Crippen LogP contribution in [0.25, 0.3) is 0 Å². The van der Waals surface area contributed by atoms with E-state index in [4.69, 9.17) is 5.73 Å². The molecule has 0 aliphatic heterocycles. The monoisotopic (exact) mass is 117 g/mol. The summed E-state index contributed by atoms with van der Waals surface area (Å²) in [7, 11) is 0. The Balaban J connectivity index is 2.53. The first-order valence-electron chi connectivity index (χ1n) is 2.94. The summed E-state index contributed by atoms with van der Waals surface area (Å²) in [5.74, 6) is 0. The second-order valence-electron chi connectivity index (χ2n) is 2.23. The Labute approximate surface area is 53.9 Å². The predicted molar refractivity (Wildman–Crippen MR) is 37.6 cm³/mol. The van der Waals surface area contributed by atoms with Gasteiger partial charge in [-0.05, 0) is 23.3 Å². The van der Waals surface area contributed by atoms with Crippen molar-refractivity contribution in [2.24, 2.45) is 5.73 Å². The molecule has 0 bridgehead atoms. The molecule has 0 aromatic rings. The quantitative estimate of drug-likeness (QED) is 0.508. The van der Waals surface area contributed by atoms with Crippen LogP contribution in [0.3, 0.4) is 0 Å². The summed E-state index contributed by atoms with van der Waals surface area (Å²) in [5, 5.41) is 0. The molecule has 0 spiro atoms. The predicted octanol–water partition coefficient (Wildman–Crippen LogP) is 1.27. The Morgan fingerprint density at radius 3 is 2.78 bits per heavy atom. The van der Waals surface area contributed by atoms with Gasteiger partial charge in [0.05, 0.1) is 0 Å². The highest BCUT2D eigenvalue weighted by Gasteiger charge is 2.09. The summed E-state index contributed by atoms with van der Waals surface area (Å²) in [6.07, 6.45) is 10.1. The normalized spacial score (nSPS) is 21.1. The number of rotatable bonds is 0. The smallest absolute Gasteiger partial charge is 0.0326 e. The molecule has 9 heavy (non-hydrogen) atoms. The van der Waals surface area contributed by atoms with Gasteiger partial charge in [-0.15, -0.1) is 0 Å². The molecule has 0 amide bonds. The third-order valence-corrected chi connectivity index (χ3v) is 1.53. The van der Waals surface area contributed by atoms with Gasteiger partial charge in [-0.2, -0.15) is 0 Å². The second kappa shape index (κ2) is 1.38. The van der Waals surface area contributed by atoms with Crippen molar-refractivity contribution in [3.05, 3.63) is 47.2 Å². The van der Waals surface area contributed by atoms with Crippen LogP contribution >= 0.6 is 0 Å². The van der Waals surface area contributed by atoms with Crippen LogP contribution in [0.15, 0.2) is 47.2 Å². The SMILES string of the molecule is NC1=CC2=CC=CC2=C1. The first-order valence-corrected chi connectivity index (χ1v) is 2.94. The van der Waals surface area contributed by atoms with E-state index < -0.39 is 0 Å². The van der Waals surface area contributed by atoms with Crippen molar-refractivity contribution in [3.63, 3.8) is 0 Å². The molecule has 0 saturated heterocycles. The number of fused-ring (bicyclic) bond motifs is 1. The van der Waals surface area contributed by atoms with E-state index in [9.17, 15) is 0 Å². The van der Waals surface area contributed by atoms with E-state index >= 15 is 0 Å². The summed E-state index contributed by atoms with van der Waals surface area (Å²) in [4.78, 5) is 0. The molecule has 2 N–H and O–H groups in total. The Kier molecular flexibility index (Phi) is 0.707. The van der Waals surface area contributed by atoms with Gasteiger partial charge in [0.1, 0.15) is 0 Å². The van der Waals surface area contributed by atoms with E-state index in [0.717, 1.165) is 5.70 Å². The number of allylic oxidation sites excluding steroid dienone is 7. The maximum atomic E-state index is 5.54. The molecule has 0 unspecified atom stereocenters. The van der Waals surface area contributed by atoms with E-state index in [1.54, 1.807) is 0 Å². The van der Waals surface area contributed by atoms with Gasteiger partial charge in [-0.3, -0.25) is 0 Å². The number of hydrogen-bond donors (Lipinski definition) is 1. The van der Waals surface area contributed by atoms with Crippen LogP contribution in [-0.4, -0.2) is 0 Å². The van der Waals surface area contributed by atoms with Gasteiger partial charge in [0.15, 0.2) is 0 Å². The lowest BCUT2D eigenvalue weighted by molar-refractivity contribution is 1.45. The molecule has 44 valence electrons. The Morgan fingerprint density at radius 1 is 1.11 bits per heavy atom. The van der Waals surface area contributed by atoms with Crippen molar-refractivity contribution in [2.75, 3.05) is 0 Å². The lowest BCUT2D eigenvalue weighted by Gasteiger charge is -1.85. The summed E-state index contributed by atoms with van der Waals surface area (Å²) >= 11 is 0. The highest BCUT2D eigenvalue weighted by atomic mass is 14.6. The molecule has 1 heteroatoms. The third-order valence-electron chi connectivity index (χ3n) is 1.53. The first-order chi connectivity index (χ1) is 4.36. The molecular formula is C8H7N. The van der Waals surface area contributed by atoms with Crippen LogP contribution in [0.1, 0.15) is 0 Å². The molecule has 2 rings (SSSR count). The summed E-state index contributed by atoms with van der Waals surface area (Å²) in [6.45, 7) is 0. The molecule has 1 nitrogen and oxygen atoms in total. The van der Waals surface area contributed by atoms with Gasteiger partial charge in [-0.25, -0.2) is 0 Å². The molecule has 0 radical (unpaired) electrons. The Bertz CT molecular complexity index is 264. The van der Waals surface area contributed by atoms with Crippen LogP contribution in [0.5, 0.6) is 0 Å². The van der Waals surface area contributed by atoms with E-state index in [1.807, 2.05) is 18.2 Å². The van der Waals surface area contributed by atoms with Crippen molar-refractivity contribution in [1.29, 1.82) is 0 Å². The minimum atomic E-state index is 0.862. The fourth-order valence-electron chi connectivity index (χ4n) is 1.11. The van der Waals surface area contributed by atoms with Crippen LogP contribution < -0.4 is 5.73 Å². The van der Waals surface area contributed by atoms with Gasteiger partial charge in [0.25, 0.3) is 0 Å². The third kappa shape index (κ3) is 0.545. The molecule has 0 aromatic heterocycles. The highest BCUT2D eigenvalue weighted by Crippen LogP contribution is 2.25. The van der Waals surface area contributed by atoms with Crippen molar-refractivity contribution in [3.8, 4) is 0 Å². The molecule has 2 aliphatic rings. The van der Waals surface area contributed by atoms with Crippen LogP contribution in [0, 0.1) is 0 Å². The maximum absolute atomic E-state index is 5.54. The molecular weight excluding hydrogens is 110 g/mol. The summed E-state index contributed by atoms with van der Waals surface area (Å²) < 4.78 is 0. The van der Waals surface area contributed by atoms with E-state index in [1.165, 1.54) is 11.1 Å². The van der Waals surface area contributed by atoms with E-state index in [0.29, 0.717) is 0 Å². The lowest BCUT2D eigenvalue weighted by atomic mass is 10.2.